The number of hydrogen-bond donors (Lipinski definition) is 0. The van der Waals surface area contributed by atoms with Crippen LogP contribution in [0.3, 0.4) is 0 Å². The maximum Gasteiger partial charge on any atom is 0.477 e. The number of alkyl halides is 1. The maximum absolute atomic E-state index is 14.3. The monoisotopic (exact) mass is 742 g/mol. The highest BCUT2D eigenvalue weighted by Crippen LogP contribution is 2.54. The van der Waals surface area contributed by atoms with Crippen LogP contribution in [0.15, 0.2) is 121 Å². The Morgan fingerprint density at radius 3 is 1.51 bits per heavy atom. The van der Waals surface area contributed by atoms with E-state index in [4.69, 9.17) is 27.8 Å². The molecule has 45 heavy (non-hydrogen) atoms. The van der Waals surface area contributed by atoms with Gasteiger partial charge in [0.2, 0.25) is 6.29 Å². The lowest BCUT2D eigenvalue weighted by Crippen LogP contribution is -2.58. The first-order valence-electron chi connectivity index (χ1n) is 14.3. The second kappa shape index (κ2) is 15.8. The molecule has 0 amide bonds. The van der Waals surface area contributed by atoms with Gasteiger partial charge in [-0.25, -0.2) is 14.2 Å². The number of benzene rings is 4. The van der Waals surface area contributed by atoms with Gasteiger partial charge in [0.1, 0.15) is 0 Å². The number of halogens is 1. The maximum atomic E-state index is 14.3. The molecule has 5 unspecified atom stereocenters. The number of phosphoric ester groups is 1. The standard InChI is InChI=1S/C34H32IO9P/c1-24-29(35)30(42-32(36)27-18-10-4-11-19-27)31(43-33(37)28-20-12-5-13-21-28)34(41-24)44-45(38,39-22-25-14-6-2-7-15-25)40-23-26-16-8-3-9-17-26/h2-21,24,29-31,34H,22-23H2,1H3. The van der Waals surface area contributed by atoms with E-state index in [1.54, 1.807) is 67.6 Å². The van der Waals surface area contributed by atoms with Gasteiger partial charge in [-0.3, -0.25) is 13.6 Å². The fourth-order valence-corrected chi connectivity index (χ4v) is 6.48. The highest BCUT2D eigenvalue weighted by molar-refractivity contribution is 14.1. The number of esters is 2. The number of carbonyl (C=O) groups is 2. The summed E-state index contributed by atoms with van der Waals surface area (Å²) in [5, 5.41) is 0. The van der Waals surface area contributed by atoms with Crippen molar-refractivity contribution in [1.29, 1.82) is 0 Å². The molecule has 0 bridgehead atoms. The van der Waals surface area contributed by atoms with Crippen molar-refractivity contribution in [3.05, 3.63) is 144 Å². The Morgan fingerprint density at radius 2 is 1.07 bits per heavy atom. The molecule has 0 aliphatic carbocycles. The van der Waals surface area contributed by atoms with Crippen LogP contribution in [0.5, 0.6) is 0 Å². The molecule has 0 spiro atoms. The number of rotatable bonds is 12. The second-order valence-electron chi connectivity index (χ2n) is 10.2. The lowest BCUT2D eigenvalue weighted by atomic mass is 10.0. The molecule has 4 aromatic rings. The molecule has 5 atom stereocenters. The summed E-state index contributed by atoms with van der Waals surface area (Å²) < 4.78 is 49.5. The van der Waals surface area contributed by atoms with Crippen molar-refractivity contribution < 1.29 is 41.9 Å². The quantitative estimate of drug-likeness (QED) is 0.0630. The molecule has 0 saturated carbocycles. The molecule has 1 saturated heterocycles. The third-order valence-electron chi connectivity index (χ3n) is 6.91. The lowest BCUT2D eigenvalue weighted by molar-refractivity contribution is -0.232. The Hall–Kier alpha value is -3.38. The van der Waals surface area contributed by atoms with Crippen LogP contribution in [-0.4, -0.2) is 40.5 Å². The first-order valence-corrected chi connectivity index (χ1v) is 17.0. The first kappa shape index (κ1) is 33.0. The van der Waals surface area contributed by atoms with Gasteiger partial charge in [-0.15, -0.1) is 0 Å². The molecule has 234 valence electrons. The van der Waals surface area contributed by atoms with Gasteiger partial charge in [0, 0.05) is 0 Å². The fourth-order valence-electron chi connectivity index (χ4n) is 4.52. The summed E-state index contributed by atoms with van der Waals surface area (Å²) in [5.41, 5.74) is 2.04. The highest BCUT2D eigenvalue weighted by Gasteiger charge is 2.51. The zero-order valence-electron chi connectivity index (χ0n) is 24.3. The minimum Gasteiger partial charge on any atom is -0.453 e. The topological polar surface area (TPSA) is 107 Å². The van der Waals surface area contributed by atoms with E-state index in [-0.39, 0.29) is 18.8 Å². The average molecular weight is 742 g/mol. The summed E-state index contributed by atoms with van der Waals surface area (Å²) >= 11 is 2.09. The third kappa shape index (κ3) is 9.09. The first-order chi connectivity index (χ1) is 21.8. The van der Waals surface area contributed by atoms with Crippen molar-refractivity contribution in [2.24, 2.45) is 0 Å². The van der Waals surface area contributed by atoms with Crippen LogP contribution >= 0.6 is 30.4 Å². The van der Waals surface area contributed by atoms with Gasteiger partial charge in [-0.2, -0.15) is 0 Å². The molecule has 1 heterocycles. The van der Waals surface area contributed by atoms with E-state index in [1.165, 1.54) is 0 Å². The van der Waals surface area contributed by atoms with Gasteiger partial charge in [0.25, 0.3) is 0 Å². The largest absolute Gasteiger partial charge is 0.477 e. The van der Waals surface area contributed by atoms with E-state index in [1.807, 2.05) is 60.7 Å². The molecular formula is C34H32IO9P. The summed E-state index contributed by atoms with van der Waals surface area (Å²) in [6.07, 6.45) is -4.44. The van der Waals surface area contributed by atoms with Crippen molar-refractivity contribution in [3.8, 4) is 0 Å². The number of ether oxygens (including phenoxy) is 3. The van der Waals surface area contributed by atoms with E-state index >= 15 is 0 Å². The second-order valence-corrected chi connectivity index (χ2v) is 13.3. The molecule has 1 fully saturated rings. The molecular weight excluding hydrogens is 710 g/mol. The zero-order chi connectivity index (χ0) is 31.6. The minimum absolute atomic E-state index is 0.0923. The Morgan fingerprint density at radius 1 is 0.667 bits per heavy atom. The van der Waals surface area contributed by atoms with E-state index in [0.29, 0.717) is 5.56 Å². The lowest BCUT2D eigenvalue weighted by Gasteiger charge is -2.42. The third-order valence-corrected chi connectivity index (χ3v) is 9.98. The molecule has 0 radical (unpaired) electrons. The molecule has 4 aromatic carbocycles. The van der Waals surface area contributed by atoms with Crippen LogP contribution in [0.4, 0.5) is 0 Å². The van der Waals surface area contributed by atoms with E-state index in [2.05, 4.69) is 22.6 Å². The number of carbonyl (C=O) groups excluding carboxylic acids is 2. The SMILES string of the molecule is CC1OC(OP(=O)(OCc2ccccc2)OCc2ccccc2)C(OC(=O)c2ccccc2)C(OC(=O)c2ccccc2)C1I. The number of phosphoric acid groups is 1. The van der Waals surface area contributed by atoms with Crippen LogP contribution in [0, 0.1) is 0 Å². The molecule has 0 aromatic heterocycles. The Balaban J connectivity index is 1.45. The van der Waals surface area contributed by atoms with Crippen LogP contribution in [-0.2, 0) is 45.6 Å². The van der Waals surface area contributed by atoms with E-state index in [9.17, 15) is 14.2 Å². The summed E-state index contributed by atoms with van der Waals surface area (Å²) in [6.45, 7) is 1.57. The summed E-state index contributed by atoms with van der Waals surface area (Å²) in [5.74, 6) is -1.33. The van der Waals surface area contributed by atoms with E-state index < -0.39 is 48.3 Å². The van der Waals surface area contributed by atoms with Gasteiger partial charge in [-0.1, -0.05) is 120 Å². The predicted molar refractivity (Wildman–Crippen MR) is 175 cm³/mol. The molecule has 9 nitrogen and oxygen atoms in total. The Labute approximate surface area is 275 Å². The van der Waals surface area contributed by atoms with Crippen molar-refractivity contribution in [1.82, 2.24) is 0 Å². The van der Waals surface area contributed by atoms with Crippen LogP contribution in [0.1, 0.15) is 38.8 Å². The molecule has 11 heteroatoms. The highest BCUT2D eigenvalue weighted by atomic mass is 127. The van der Waals surface area contributed by atoms with Gasteiger partial charge in [0.15, 0.2) is 12.2 Å². The zero-order valence-corrected chi connectivity index (χ0v) is 27.4. The predicted octanol–water partition coefficient (Wildman–Crippen LogP) is 7.54. The van der Waals surface area contributed by atoms with Gasteiger partial charge >= 0.3 is 19.8 Å². The molecule has 5 rings (SSSR count). The van der Waals surface area contributed by atoms with E-state index in [0.717, 1.165) is 11.1 Å². The van der Waals surface area contributed by atoms with Crippen LogP contribution in [0.2, 0.25) is 0 Å². The summed E-state index contributed by atoms with van der Waals surface area (Å²) in [6, 6.07) is 35.0. The van der Waals surface area contributed by atoms with Crippen LogP contribution in [0.25, 0.3) is 0 Å². The van der Waals surface area contributed by atoms with Gasteiger partial charge < -0.3 is 14.2 Å². The van der Waals surface area contributed by atoms with Crippen molar-refractivity contribution in [2.45, 2.75) is 48.7 Å². The summed E-state index contributed by atoms with van der Waals surface area (Å²) in [4.78, 5) is 26.6. The van der Waals surface area contributed by atoms with Crippen LogP contribution < -0.4 is 0 Å². The average Bonchev–Trinajstić information content (AvgIpc) is 3.08. The number of hydrogen-bond acceptors (Lipinski definition) is 9. The van der Waals surface area contributed by atoms with Gasteiger partial charge in [-0.05, 0) is 42.3 Å². The molecule has 1 aliphatic heterocycles. The normalized spacial score (nSPS) is 21.5. The Bertz CT molecular complexity index is 1530. The van der Waals surface area contributed by atoms with Gasteiger partial charge in [0.05, 0.1) is 34.4 Å². The minimum atomic E-state index is -4.40. The summed E-state index contributed by atoms with van der Waals surface area (Å²) in [7, 11) is -4.40. The Kier molecular flexibility index (Phi) is 11.6. The smallest absolute Gasteiger partial charge is 0.453 e. The fraction of sp³-hybridized carbons (Fsp3) is 0.235. The molecule has 0 N–H and O–H groups in total. The molecule has 1 aliphatic rings. The van der Waals surface area contributed by atoms with Crippen molar-refractivity contribution in [2.75, 3.05) is 0 Å². The van der Waals surface area contributed by atoms with Crippen molar-refractivity contribution >= 4 is 42.4 Å². The van der Waals surface area contributed by atoms with Crippen molar-refractivity contribution in [3.63, 3.8) is 0 Å².